The van der Waals surface area contributed by atoms with Gasteiger partial charge in [0.25, 0.3) is 0 Å². The molecule has 228 valence electrons. The van der Waals surface area contributed by atoms with Crippen LogP contribution in [0.3, 0.4) is 0 Å². The minimum absolute atomic E-state index is 0.0480. The van der Waals surface area contributed by atoms with Gasteiger partial charge in [-0.1, -0.05) is 164 Å². The van der Waals surface area contributed by atoms with E-state index >= 15 is 0 Å². The molecule has 0 fully saturated rings. The molecule has 0 bridgehead atoms. The standard InChI is InChI=1S/C48H30O/c1-2-13-31(14-3-1)36-17-6-7-18-38(36)47-41-21-10-8-19-39(41)46(40-20-9-11-22-42(40)47)33-27-25-32(26-28-33)37-23-12-24-44-48(37)43-29-34-15-4-5-16-35(34)30-45(43)49-44/h1-30H/i4D,5D,15D,16D. The maximum atomic E-state index is 8.59. The monoisotopic (exact) mass is 626 g/mol. The van der Waals surface area contributed by atoms with Crippen molar-refractivity contribution >= 4 is 54.3 Å². The predicted molar refractivity (Wildman–Crippen MR) is 208 cm³/mol. The minimum atomic E-state index is -0.245. The van der Waals surface area contributed by atoms with Gasteiger partial charge < -0.3 is 4.42 Å². The van der Waals surface area contributed by atoms with Crippen molar-refractivity contribution in [3.8, 4) is 44.5 Å². The molecular formula is C48H30O. The Bertz CT molecular complexity index is 3030. The van der Waals surface area contributed by atoms with Crippen LogP contribution in [-0.4, -0.2) is 0 Å². The van der Waals surface area contributed by atoms with E-state index in [1.54, 1.807) is 6.07 Å². The van der Waals surface area contributed by atoms with Crippen molar-refractivity contribution in [2.45, 2.75) is 0 Å². The third kappa shape index (κ3) is 4.40. The number of rotatable bonds is 4. The lowest BCUT2D eigenvalue weighted by atomic mass is 9.83. The van der Waals surface area contributed by atoms with Crippen LogP contribution in [-0.2, 0) is 0 Å². The first-order valence-electron chi connectivity index (χ1n) is 18.5. The molecule has 9 aromatic carbocycles. The van der Waals surface area contributed by atoms with Crippen LogP contribution in [0.2, 0.25) is 0 Å². The van der Waals surface area contributed by atoms with Crippen molar-refractivity contribution in [2.75, 3.05) is 0 Å². The fourth-order valence-corrected chi connectivity index (χ4v) is 7.63. The molecule has 0 amide bonds. The smallest absolute Gasteiger partial charge is 0.136 e. The zero-order valence-electron chi connectivity index (χ0n) is 30.4. The summed E-state index contributed by atoms with van der Waals surface area (Å²) in [5, 5.41) is 7.45. The minimum Gasteiger partial charge on any atom is -0.456 e. The molecule has 0 unspecified atom stereocenters. The van der Waals surface area contributed by atoms with Crippen LogP contribution in [0, 0.1) is 0 Å². The number of benzene rings is 9. The van der Waals surface area contributed by atoms with Gasteiger partial charge in [0, 0.05) is 10.8 Å². The van der Waals surface area contributed by atoms with Crippen molar-refractivity contribution in [1.29, 1.82) is 0 Å². The maximum Gasteiger partial charge on any atom is 0.136 e. The molecule has 10 rings (SSSR count). The lowest BCUT2D eigenvalue weighted by Gasteiger charge is -2.20. The third-order valence-corrected chi connectivity index (χ3v) is 9.79. The molecule has 0 aliphatic rings. The second-order valence-electron chi connectivity index (χ2n) is 12.5. The van der Waals surface area contributed by atoms with Crippen molar-refractivity contribution in [2.24, 2.45) is 0 Å². The van der Waals surface area contributed by atoms with E-state index in [9.17, 15) is 0 Å². The summed E-state index contributed by atoms with van der Waals surface area (Å²) >= 11 is 0. The fraction of sp³-hybridized carbons (Fsp3) is 0. The van der Waals surface area contributed by atoms with Gasteiger partial charge in [0.05, 0.1) is 5.48 Å². The highest BCUT2D eigenvalue weighted by molar-refractivity contribution is 6.22. The highest BCUT2D eigenvalue weighted by atomic mass is 16.3. The van der Waals surface area contributed by atoms with Crippen molar-refractivity contribution < 1.29 is 9.90 Å². The summed E-state index contributed by atoms with van der Waals surface area (Å²) in [6, 6.07) is 54.5. The first-order chi connectivity index (χ1) is 26.0. The van der Waals surface area contributed by atoms with Crippen LogP contribution in [0.5, 0.6) is 0 Å². The highest BCUT2D eigenvalue weighted by Gasteiger charge is 2.19. The fourth-order valence-electron chi connectivity index (χ4n) is 7.63. The van der Waals surface area contributed by atoms with E-state index in [-0.39, 0.29) is 24.2 Å². The summed E-state index contributed by atoms with van der Waals surface area (Å²) in [6.45, 7) is 0. The van der Waals surface area contributed by atoms with Crippen LogP contribution in [0.1, 0.15) is 5.48 Å². The SMILES string of the molecule is [2H]c1c([2H])c([2H])c2cc3c(cc2c1[2H])oc1cccc(-c2ccc(-c4c5ccccc5c(-c5ccccc5-c5ccccc5)c5ccccc45)cc2)c13. The molecule has 0 N–H and O–H groups in total. The topological polar surface area (TPSA) is 13.1 Å². The summed E-state index contributed by atoms with van der Waals surface area (Å²) in [5.41, 5.74) is 10.5. The molecule has 0 atom stereocenters. The van der Waals surface area contributed by atoms with E-state index in [1.165, 1.54) is 49.4 Å². The summed E-state index contributed by atoms with van der Waals surface area (Å²) in [6.07, 6.45) is 0. The number of fused-ring (bicyclic) bond motifs is 6. The van der Waals surface area contributed by atoms with Crippen LogP contribution < -0.4 is 0 Å². The second kappa shape index (κ2) is 11.1. The van der Waals surface area contributed by atoms with Crippen LogP contribution in [0.4, 0.5) is 0 Å². The molecule has 1 heteroatoms. The Kier molecular flexibility index (Phi) is 5.38. The molecule has 0 spiro atoms. The molecule has 1 aromatic heterocycles. The van der Waals surface area contributed by atoms with E-state index in [1.807, 2.05) is 18.2 Å². The van der Waals surface area contributed by atoms with Gasteiger partial charge >= 0.3 is 0 Å². The van der Waals surface area contributed by atoms with Gasteiger partial charge in [0.2, 0.25) is 0 Å². The van der Waals surface area contributed by atoms with Gasteiger partial charge in [-0.15, -0.1) is 0 Å². The molecule has 0 saturated carbocycles. The first-order valence-corrected chi connectivity index (χ1v) is 16.5. The molecule has 0 aliphatic carbocycles. The zero-order valence-corrected chi connectivity index (χ0v) is 26.4. The molecular weight excluding hydrogens is 593 g/mol. The van der Waals surface area contributed by atoms with Gasteiger partial charge in [-0.2, -0.15) is 0 Å². The van der Waals surface area contributed by atoms with Crippen molar-refractivity contribution in [3.63, 3.8) is 0 Å². The lowest BCUT2D eigenvalue weighted by Crippen LogP contribution is -1.92. The molecule has 0 saturated heterocycles. The quantitative estimate of drug-likeness (QED) is 0.177. The molecule has 0 aliphatic heterocycles. The Hall–Kier alpha value is -6.44. The summed E-state index contributed by atoms with van der Waals surface area (Å²) < 4.78 is 39.8. The third-order valence-electron chi connectivity index (χ3n) is 9.79. The predicted octanol–water partition coefficient (Wildman–Crippen LogP) is 13.7. The molecule has 1 nitrogen and oxygen atoms in total. The number of hydrogen-bond acceptors (Lipinski definition) is 1. The highest BCUT2D eigenvalue weighted by Crippen LogP contribution is 2.46. The first kappa shape index (κ1) is 23.8. The van der Waals surface area contributed by atoms with Crippen LogP contribution in [0.15, 0.2) is 186 Å². The molecule has 49 heavy (non-hydrogen) atoms. The zero-order chi connectivity index (χ0) is 35.8. The van der Waals surface area contributed by atoms with E-state index in [0.717, 1.165) is 27.5 Å². The largest absolute Gasteiger partial charge is 0.456 e. The summed E-state index contributed by atoms with van der Waals surface area (Å²) in [7, 11) is 0. The Morgan fingerprint density at radius 2 is 0.898 bits per heavy atom. The van der Waals surface area contributed by atoms with Crippen LogP contribution >= 0.6 is 0 Å². The van der Waals surface area contributed by atoms with Gasteiger partial charge in [0.15, 0.2) is 0 Å². The average Bonchev–Trinajstić information content (AvgIpc) is 3.59. The van der Waals surface area contributed by atoms with Gasteiger partial charge in [-0.3, -0.25) is 0 Å². The number of furan rings is 1. The molecule has 10 aromatic rings. The van der Waals surface area contributed by atoms with Gasteiger partial charge in [-0.05, 0) is 95.0 Å². The molecule has 1 heterocycles. The second-order valence-corrected chi connectivity index (χ2v) is 12.5. The maximum absolute atomic E-state index is 8.59. The summed E-state index contributed by atoms with van der Waals surface area (Å²) in [5.74, 6) is 0. The lowest BCUT2D eigenvalue weighted by molar-refractivity contribution is 0.669. The average molecular weight is 627 g/mol. The Morgan fingerprint density at radius 3 is 1.59 bits per heavy atom. The van der Waals surface area contributed by atoms with E-state index < -0.39 is 0 Å². The van der Waals surface area contributed by atoms with Crippen LogP contribution in [0.25, 0.3) is 98.8 Å². The Morgan fingerprint density at radius 1 is 0.367 bits per heavy atom. The number of hydrogen-bond donors (Lipinski definition) is 0. The van der Waals surface area contributed by atoms with Crippen molar-refractivity contribution in [1.82, 2.24) is 0 Å². The van der Waals surface area contributed by atoms with E-state index in [2.05, 4.69) is 133 Å². The van der Waals surface area contributed by atoms with Gasteiger partial charge in [-0.25, -0.2) is 0 Å². The normalized spacial score (nSPS) is 12.8. The van der Waals surface area contributed by atoms with Gasteiger partial charge in [0.1, 0.15) is 11.2 Å². The van der Waals surface area contributed by atoms with E-state index in [4.69, 9.17) is 9.90 Å². The van der Waals surface area contributed by atoms with E-state index in [0.29, 0.717) is 21.9 Å². The molecule has 0 radical (unpaired) electrons. The Labute approximate surface area is 289 Å². The Balaban J connectivity index is 1.16. The summed E-state index contributed by atoms with van der Waals surface area (Å²) in [4.78, 5) is 0. The van der Waals surface area contributed by atoms with Crippen molar-refractivity contribution in [3.05, 3.63) is 182 Å².